The van der Waals surface area contributed by atoms with Crippen LogP contribution in [0.3, 0.4) is 0 Å². The van der Waals surface area contributed by atoms with Gasteiger partial charge in [-0.05, 0) is 19.9 Å². The van der Waals surface area contributed by atoms with E-state index in [9.17, 15) is 9.59 Å². The summed E-state index contributed by atoms with van der Waals surface area (Å²) in [7, 11) is 2.07. The van der Waals surface area contributed by atoms with Crippen molar-refractivity contribution in [3.8, 4) is 11.3 Å². The zero-order valence-corrected chi connectivity index (χ0v) is 15.7. The van der Waals surface area contributed by atoms with Gasteiger partial charge in [0.15, 0.2) is 11.5 Å². The molecule has 2 heterocycles. The summed E-state index contributed by atoms with van der Waals surface area (Å²) in [5.74, 6) is 0.517. The maximum atomic E-state index is 12.2. The maximum Gasteiger partial charge on any atom is 0.273 e. The second-order valence-corrected chi connectivity index (χ2v) is 6.84. The first-order chi connectivity index (χ1) is 13.1. The number of piperazine rings is 1. The Hall–Kier alpha value is -2.67. The summed E-state index contributed by atoms with van der Waals surface area (Å²) >= 11 is 0. The standard InChI is InChI=1S/C20H26N4O3/c1-23-11-13-24(14-12-23)19(25)9-5-6-10-21-20(26)17-15-18(27-22-17)16-7-3-2-4-8-16/h2-4,7-8,15H,5-6,9-14H2,1H3,(H,21,26). The summed E-state index contributed by atoms with van der Waals surface area (Å²) < 4.78 is 5.24. The van der Waals surface area contributed by atoms with Crippen molar-refractivity contribution in [2.24, 2.45) is 0 Å². The smallest absolute Gasteiger partial charge is 0.273 e. The molecule has 0 unspecified atom stereocenters. The highest BCUT2D eigenvalue weighted by Gasteiger charge is 2.18. The molecule has 1 N–H and O–H groups in total. The Balaban J connectivity index is 1.35. The van der Waals surface area contributed by atoms with E-state index in [2.05, 4.69) is 22.4 Å². The lowest BCUT2D eigenvalue weighted by Crippen LogP contribution is -2.47. The summed E-state index contributed by atoms with van der Waals surface area (Å²) in [4.78, 5) is 28.5. The fourth-order valence-corrected chi connectivity index (χ4v) is 3.03. The van der Waals surface area contributed by atoms with Crippen molar-refractivity contribution < 1.29 is 14.1 Å². The average molecular weight is 370 g/mol. The highest BCUT2D eigenvalue weighted by Crippen LogP contribution is 2.19. The van der Waals surface area contributed by atoms with Crippen molar-refractivity contribution in [1.29, 1.82) is 0 Å². The normalized spacial score (nSPS) is 14.9. The van der Waals surface area contributed by atoms with E-state index in [1.165, 1.54) is 0 Å². The monoisotopic (exact) mass is 370 g/mol. The predicted molar refractivity (Wildman–Crippen MR) is 102 cm³/mol. The molecule has 2 aromatic rings. The van der Waals surface area contributed by atoms with E-state index < -0.39 is 0 Å². The van der Waals surface area contributed by atoms with Gasteiger partial charge in [0.25, 0.3) is 5.91 Å². The van der Waals surface area contributed by atoms with Crippen LogP contribution in [0.4, 0.5) is 0 Å². The molecular formula is C20H26N4O3. The number of rotatable bonds is 7. The predicted octanol–water partition coefficient (Wildman–Crippen LogP) is 2.02. The van der Waals surface area contributed by atoms with Crippen LogP contribution in [0, 0.1) is 0 Å². The molecule has 0 atom stereocenters. The van der Waals surface area contributed by atoms with Gasteiger partial charge in [-0.3, -0.25) is 9.59 Å². The number of nitrogens with zero attached hydrogens (tertiary/aromatic N) is 3. The van der Waals surface area contributed by atoms with E-state index in [1.807, 2.05) is 35.2 Å². The lowest BCUT2D eigenvalue weighted by Gasteiger charge is -2.32. The molecule has 1 aliphatic rings. The number of likely N-dealkylation sites (N-methyl/N-ethyl adjacent to an activating group) is 1. The number of nitrogens with one attached hydrogen (secondary N) is 1. The third kappa shape index (κ3) is 5.40. The van der Waals surface area contributed by atoms with Gasteiger partial charge >= 0.3 is 0 Å². The van der Waals surface area contributed by atoms with Crippen molar-refractivity contribution in [2.75, 3.05) is 39.8 Å². The summed E-state index contributed by atoms with van der Waals surface area (Å²) in [6, 6.07) is 11.2. The Kier molecular flexibility index (Phi) is 6.59. The molecule has 7 nitrogen and oxygen atoms in total. The number of amides is 2. The second-order valence-electron chi connectivity index (χ2n) is 6.84. The number of unbranched alkanes of at least 4 members (excludes halogenated alkanes) is 1. The van der Waals surface area contributed by atoms with Crippen molar-refractivity contribution in [3.63, 3.8) is 0 Å². The van der Waals surface area contributed by atoms with Crippen molar-refractivity contribution in [2.45, 2.75) is 19.3 Å². The van der Waals surface area contributed by atoms with E-state index >= 15 is 0 Å². The van der Waals surface area contributed by atoms with E-state index in [4.69, 9.17) is 4.52 Å². The van der Waals surface area contributed by atoms with Gasteiger partial charge in [0.2, 0.25) is 5.91 Å². The molecule has 1 aromatic carbocycles. The first-order valence-electron chi connectivity index (χ1n) is 9.40. The third-order valence-corrected chi connectivity index (χ3v) is 4.76. The van der Waals surface area contributed by atoms with Crippen LogP contribution in [0.25, 0.3) is 11.3 Å². The molecule has 0 spiro atoms. The average Bonchev–Trinajstić information content (AvgIpc) is 3.19. The van der Waals surface area contributed by atoms with Gasteiger partial charge in [-0.2, -0.15) is 0 Å². The fourth-order valence-electron chi connectivity index (χ4n) is 3.03. The van der Waals surface area contributed by atoms with Crippen LogP contribution in [0.15, 0.2) is 40.9 Å². The summed E-state index contributed by atoms with van der Waals surface area (Å²) in [5.41, 5.74) is 1.15. The van der Waals surface area contributed by atoms with E-state index in [1.54, 1.807) is 6.07 Å². The molecule has 3 rings (SSSR count). The molecule has 0 radical (unpaired) electrons. The minimum absolute atomic E-state index is 0.207. The van der Waals surface area contributed by atoms with Gasteiger partial charge in [0, 0.05) is 50.8 Å². The van der Waals surface area contributed by atoms with Crippen LogP contribution in [0.1, 0.15) is 29.8 Å². The Labute approximate surface area is 159 Å². The number of hydrogen-bond acceptors (Lipinski definition) is 5. The largest absolute Gasteiger partial charge is 0.355 e. The first kappa shape index (κ1) is 19.1. The van der Waals surface area contributed by atoms with Crippen LogP contribution < -0.4 is 5.32 Å². The summed E-state index contributed by atoms with van der Waals surface area (Å²) in [6.45, 7) is 4.00. The summed E-state index contributed by atoms with van der Waals surface area (Å²) in [6.07, 6.45) is 2.05. The van der Waals surface area contributed by atoms with Crippen LogP contribution in [-0.2, 0) is 4.79 Å². The SMILES string of the molecule is CN1CCN(C(=O)CCCCNC(=O)c2cc(-c3ccccc3)on2)CC1. The molecule has 2 amide bonds. The van der Waals surface area contributed by atoms with Crippen molar-refractivity contribution in [1.82, 2.24) is 20.3 Å². The second kappa shape index (κ2) is 9.32. The van der Waals surface area contributed by atoms with Crippen LogP contribution in [-0.4, -0.2) is 66.5 Å². The molecule has 1 fully saturated rings. The minimum atomic E-state index is -0.258. The van der Waals surface area contributed by atoms with Gasteiger partial charge in [-0.15, -0.1) is 0 Å². The van der Waals surface area contributed by atoms with Gasteiger partial charge in [-0.1, -0.05) is 35.5 Å². The molecule has 7 heteroatoms. The molecule has 0 aliphatic carbocycles. The summed E-state index contributed by atoms with van der Waals surface area (Å²) in [5, 5.41) is 6.66. The third-order valence-electron chi connectivity index (χ3n) is 4.76. The quantitative estimate of drug-likeness (QED) is 0.755. The maximum absolute atomic E-state index is 12.2. The molecular weight excluding hydrogens is 344 g/mol. The Morgan fingerprint density at radius 1 is 1.11 bits per heavy atom. The molecule has 1 saturated heterocycles. The highest BCUT2D eigenvalue weighted by molar-refractivity contribution is 5.93. The molecule has 0 saturated carbocycles. The number of carbonyl (C=O) groups excluding carboxylic acids is 2. The number of benzene rings is 1. The Bertz CT molecular complexity index is 752. The van der Waals surface area contributed by atoms with Gasteiger partial charge in [0.05, 0.1) is 0 Å². The van der Waals surface area contributed by atoms with Crippen molar-refractivity contribution >= 4 is 11.8 Å². The molecule has 1 aliphatic heterocycles. The highest BCUT2D eigenvalue weighted by atomic mass is 16.5. The Morgan fingerprint density at radius 3 is 2.59 bits per heavy atom. The van der Waals surface area contributed by atoms with Gasteiger partial charge in [-0.25, -0.2) is 0 Å². The first-order valence-corrected chi connectivity index (χ1v) is 9.40. The van der Waals surface area contributed by atoms with Crippen molar-refractivity contribution in [3.05, 3.63) is 42.1 Å². The molecule has 1 aromatic heterocycles. The number of carbonyl (C=O) groups is 2. The zero-order valence-electron chi connectivity index (χ0n) is 15.7. The van der Waals surface area contributed by atoms with Crippen LogP contribution in [0.5, 0.6) is 0 Å². The topological polar surface area (TPSA) is 78.7 Å². The lowest BCUT2D eigenvalue weighted by molar-refractivity contribution is -0.132. The van der Waals surface area contributed by atoms with E-state index in [0.29, 0.717) is 18.7 Å². The minimum Gasteiger partial charge on any atom is -0.355 e. The van der Waals surface area contributed by atoms with Gasteiger partial charge < -0.3 is 19.6 Å². The Morgan fingerprint density at radius 2 is 1.85 bits per heavy atom. The van der Waals surface area contributed by atoms with Crippen LogP contribution in [0.2, 0.25) is 0 Å². The van der Waals surface area contributed by atoms with E-state index in [-0.39, 0.29) is 17.5 Å². The number of hydrogen-bond donors (Lipinski definition) is 1. The lowest BCUT2D eigenvalue weighted by atomic mass is 10.1. The van der Waals surface area contributed by atoms with Gasteiger partial charge in [0.1, 0.15) is 0 Å². The molecule has 0 bridgehead atoms. The van der Waals surface area contributed by atoms with Crippen LogP contribution >= 0.6 is 0 Å². The van der Waals surface area contributed by atoms with E-state index in [0.717, 1.165) is 44.6 Å². The fraction of sp³-hybridized carbons (Fsp3) is 0.450. The zero-order chi connectivity index (χ0) is 19.1. The molecule has 144 valence electrons. The molecule has 27 heavy (non-hydrogen) atoms. The number of aromatic nitrogens is 1.